The maximum atomic E-state index is 5.66. The van der Waals surface area contributed by atoms with Crippen molar-refractivity contribution in [3.05, 3.63) is 0 Å². The predicted octanol–water partition coefficient (Wildman–Crippen LogP) is 2.77. The van der Waals surface area contributed by atoms with Gasteiger partial charge >= 0.3 is 0 Å². The van der Waals surface area contributed by atoms with Crippen LogP contribution in [0.15, 0.2) is 5.16 Å². The maximum absolute atomic E-state index is 5.66. The fraction of sp³-hybridized carbons (Fsp3) is 0.900. The van der Waals surface area contributed by atoms with E-state index in [-0.39, 0.29) is 18.6 Å². The van der Waals surface area contributed by atoms with Gasteiger partial charge in [-0.25, -0.2) is 0 Å². The van der Waals surface area contributed by atoms with E-state index in [0.29, 0.717) is 5.92 Å². The first-order chi connectivity index (χ1) is 5.44. The van der Waals surface area contributed by atoms with Crippen LogP contribution in [0, 0.1) is 11.3 Å². The van der Waals surface area contributed by atoms with Gasteiger partial charge in [-0.3, -0.25) is 0 Å². The number of rotatable bonds is 0. The Kier molecular flexibility index (Phi) is 2.09. The van der Waals surface area contributed by atoms with Crippen LogP contribution in [-0.2, 0) is 9.57 Å². The predicted molar refractivity (Wildman–Crippen MR) is 52.3 cm³/mol. The highest BCUT2D eigenvalue weighted by atomic mass is 16.8. The Bertz CT molecular complexity index is 242. The molecule has 3 heteroatoms. The molecule has 0 aromatic carbocycles. The van der Waals surface area contributed by atoms with Crippen LogP contribution >= 0.6 is 0 Å². The van der Waals surface area contributed by atoms with Crippen molar-refractivity contribution in [1.82, 2.24) is 0 Å². The molecule has 2 rings (SSSR count). The van der Waals surface area contributed by atoms with Gasteiger partial charge in [0.05, 0.1) is 0 Å². The lowest BCUT2D eigenvalue weighted by Crippen LogP contribution is -2.24. The first kappa shape index (κ1) is 10.4. The summed E-state index contributed by atoms with van der Waals surface area (Å²) in [5.41, 5.74) is -0.0359. The van der Waals surface area contributed by atoms with Gasteiger partial charge in [-0.15, -0.1) is 0 Å². The zero-order valence-corrected chi connectivity index (χ0v) is 8.05. The molecule has 13 heavy (non-hydrogen) atoms. The summed E-state index contributed by atoms with van der Waals surface area (Å²) in [7, 11) is 0. The third-order valence-electron chi connectivity index (χ3n) is 2.38. The van der Waals surface area contributed by atoms with Gasteiger partial charge in [-0.1, -0.05) is 35.1 Å². The molecule has 1 aliphatic carbocycles. The SMILES string of the molecule is C.C[C@H]1CC12ON=C(C(C)(C)C)O2. The molecule has 2 atom stereocenters. The van der Waals surface area contributed by atoms with Crippen LogP contribution in [0.5, 0.6) is 0 Å². The molecule has 1 spiro atoms. The van der Waals surface area contributed by atoms with Crippen molar-refractivity contribution >= 4 is 5.90 Å². The van der Waals surface area contributed by atoms with Crippen molar-refractivity contribution in [2.24, 2.45) is 16.5 Å². The molecular weight excluding hydrogens is 166 g/mol. The van der Waals surface area contributed by atoms with Crippen LogP contribution in [0.3, 0.4) is 0 Å². The number of hydrogen-bond acceptors (Lipinski definition) is 3. The summed E-state index contributed by atoms with van der Waals surface area (Å²) in [4.78, 5) is 5.27. The number of nitrogens with zero attached hydrogens (tertiary/aromatic N) is 1. The zero-order valence-electron chi connectivity index (χ0n) is 8.05. The topological polar surface area (TPSA) is 30.8 Å². The smallest absolute Gasteiger partial charge is 0.280 e. The quantitative estimate of drug-likeness (QED) is 0.581. The van der Waals surface area contributed by atoms with Gasteiger partial charge in [-0.2, -0.15) is 0 Å². The van der Waals surface area contributed by atoms with Gasteiger partial charge in [0.1, 0.15) is 0 Å². The Labute approximate surface area is 80.1 Å². The average molecular weight is 185 g/mol. The second-order valence-electron chi connectivity index (χ2n) is 4.76. The van der Waals surface area contributed by atoms with Crippen molar-refractivity contribution in [3.63, 3.8) is 0 Å². The molecule has 0 bridgehead atoms. The first-order valence-electron chi connectivity index (χ1n) is 4.40. The van der Waals surface area contributed by atoms with Crippen LogP contribution in [0.2, 0.25) is 0 Å². The van der Waals surface area contributed by atoms with E-state index in [4.69, 9.17) is 9.57 Å². The number of hydrogen-bond donors (Lipinski definition) is 0. The fourth-order valence-corrected chi connectivity index (χ4v) is 1.25. The minimum Gasteiger partial charge on any atom is -0.433 e. The van der Waals surface area contributed by atoms with E-state index >= 15 is 0 Å². The Morgan fingerprint density at radius 2 is 2.00 bits per heavy atom. The van der Waals surface area contributed by atoms with Crippen LogP contribution in [-0.4, -0.2) is 11.7 Å². The van der Waals surface area contributed by atoms with E-state index in [9.17, 15) is 0 Å². The van der Waals surface area contributed by atoms with Gasteiger partial charge in [0.2, 0.25) is 5.90 Å². The molecule has 1 unspecified atom stereocenters. The van der Waals surface area contributed by atoms with E-state index in [1.807, 2.05) is 0 Å². The van der Waals surface area contributed by atoms with Crippen molar-refractivity contribution < 1.29 is 9.57 Å². The standard InChI is InChI=1S/C9H15NO2.CH4/c1-6-5-9(6)11-7(10-12-9)8(2,3)4;/h6H,5H2,1-4H3;1H4/t6-,9?;/m0./s1. The summed E-state index contributed by atoms with van der Waals surface area (Å²) in [6.45, 7) is 8.32. The molecule has 0 amide bonds. The molecule has 0 saturated heterocycles. The van der Waals surface area contributed by atoms with Crippen molar-refractivity contribution in [2.45, 2.75) is 47.3 Å². The van der Waals surface area contributed by atoms with E-state index in [2.05, 4.69) is 32.9 Å². The Balaban J connectivity index is 0.000000845. The van der Waals surface area contributed by atoms with E-state index < -0.39 is 0 Å². The molecule has 1 heterocycles. The Morgan fingerprint density at radius 1 is 1.46 bits per heavy atom. The van der Waals surface area contributed by atoms with Gasteiger partial charge in [-0.05, 0) is 5.16 Å². The molecule has 3 nitrogen and oxygen atoms in total. The largest absolute Gasteiger partial charge is 0.433 e. The van der Waals surface area contributed by atoms with Gasteiger partial charge in [0, 0.05) is 17.8 Å². The lowest BCUT2D eigenvalue weighted by Gasteiger charge is -2.17. The normalized spacial score (nSPS) is 36.0. The summed E-state index contributed by atoms with van der Waals surface area (Å²) in [6, 6.07) is 0. The molecular formula is C10H19NO2. The first-order valence-corrected chi connectivity index (χ1v) is 4.40. The molecule has 0 aromatic heterocycles. The minimum absolute atomic E-state index is 0. The number of oxime groups is 1. The van der Waals surface area contributed by atoms with E-state index in [1.165, 1.54) is 0 Å². The highest BCUT2D eigenvalue weighted by Gasteiger charge is 2.62. The molecule has 0 N–H and O–H groups in total. The van der Waals surface area contributed by atoms with Gasteiger partial charge in [0.15, 0.2) is 0 Å². The summed E-state index contributed by atoms with van der Waals surface area (Å²) in [6.07, 6.45) is 0.968. The highest BCUT2D eigenvalue weighted by Crippen LogP contribution is 2.51. The molecule has 1 fully saturated rings. The second-order valence-corrected chi connectivity index (χ2v) is 4.76. The summed E-state index contributed by atoms with van der Waals surface area (Å²) in [5.74, 6) is 0.843. The second kappa shape index (κ2) is 2.63. The Morgan fingerprint density at radius 3 is 2.23 bits per heavy atom. The molecule has 76 valence electrons. The molecule has 0 aromatic rings. The lowest BCUT2D eigenvalue weighted by molar-refractivity contribution is -0.0868. The van der Waals surface area contributed by atoms with Crippen LogP contribution in [0.1, 0.15) is 41.5 Å². The van der Waals surface area contributed by atoms with Crippen LogP contribution < -0.4 is 0 Å². The third-order valence-corrected chi connectivity index (χ3v) is 2.38. The van der Waals surface area contributed by atoms with Crippen molar-refractivity contribution in [1.29, 1.82) is 0 Å². The molecule has 1 aliphatic heterocycles. The third kappa shape index (κ3) is 1.52. The fourth-order valence-electron chi connectivity index (χ4n) is 1.25. The lowest BCUT2D eigenvalue weighted by atomic mass is 9.97. The van der Waals surface area contributed by atoms with Crippen molar-refractivity contribution in [2.75, 3.05) is 0 Å². The monoisotopic (exact) mass is 185 g/mol. The highest BCUT2D eigenvalue weighted by molar-refractivity contribution is 5.82. The van der Waals surface area contributed by atoms with Crippen LogP contribution in [0.25, 0.3) is 0 Å². The van der Waals surface area contributed by atoms with Gasteiger partial charge < -0.3 is 9.57 Å². The molecule has 2 aliphatic rings. The van der Waals surface area contributed by atoms with E-state index in [1.54, 1.807) is 0 Å². The van der Waals surface area contributed by atoms with Crippen molar-refractivity contribution in [3.8, 4) is 0 Å². The number of ether oxygens (including phenoxy) is 1. The van der Waals surface area contributed by atoms with E-state index in [0.717, 1.165) is 12.3 Å². The minimum atomic E-state index is -0.372. The summed E-state index contributed by atoms with van der Waals surface area (Å²) < 4.78 is 5.66. The molecule has 1 saturated carbocycles. The summed E-state index contributed by atoms with van der Waals surface area (Å²) >= 11 is 0. The molecule has 0 radical (unpaired) electrons. The maximum Gasteiger partial charge on any atom is 0.280 e. The van der Waals surface area contributed by atoms with Crippen LogP contribution in [0.4, 0.5) is 0 Å². The Hall–Kier alpha value is -0.730. The van der Waals surface area contributed by atoms with Gasteiger partial charge in [0.25, 0.3) is 5.79 Å². The average Bonchev–Trinajstić information content (AvgIpc) is 2.43. The summed E-state index contributed by atoms with van der Waals surface area (Å²) in [5, 5.41) is 3.97. The zero-order chi connectivity index (χ0) is 8.98.